The quantitative estimate of drug-likeness (QED) is 0.541. The molecule has 0 radical (unpaired) electrons. The van der Waals surface area contributed by atoms with Crippen LogP contribution >= 0.6 is 0 Å². The summed E-state index contributed by atoms with van der Waals surface area (Å²) >= 11 is 0. The van der Waals surface area contributed by atoms with E-state index in [1.165, 1.54) is 14.2 Å². The third-order valence-corrected chi connectivity index (χ3v) is 1.12. The highest BCUT2D eigenvalue weighted by atomic mass is 16.5. The molecule has 4 nitrogen and oxygen atoms in total. The van der Waals surface area contributed by atoms with E-state index in [1.54, 1.807) is 0 Å². The molecule has 0 spiro atoms. The maximum Gasteiger partial charge on any atom is 0.313 e. The fourth-order valence-electron chi connectivity index (χ4n) is 0.563. The van der Waals surface area contributed by atoms with E-state index in [4.69, 9.17) is 5.11 Å². The zero-order chi connectivity index (χ0) is 7.98. The Morgan fingerprint density at radius 3 is 2.50 bits per heavy atom. The Labute approximate surface area is 59.7 Å². The van der Waals surface area contributed by atoms with Gasteiger partial charge in [-0.2, -0.15) is 0 Å². The van der Waals surface area contributed by atoms with E-state index < -0.39 is 11.9 Å². The summed E-state index contributed by atoms with van der Waals surface area (Å²) in [6.45, 7) is -0.0380. The number of hydrogen-bond acceptors (Lipinski definition) is 4. The highest BCUT2D eigenvalue weighted by Crippen LogP contribution is 1.97. The molecule has 0 amide bonds. The van der Waals surface area contributed by atoms with E-state index in [0.29, 0.717) is 0 Å². The third-order valence-electron chi connectivity index (χ3n) is 1.12. The van der Waals surface area contributed by atoms with Crippen molar-refractivity contribution in [1.82, 2.24) is 0 Å². The van der Waals surface area contributed by atoms with Gasteiger partial charge in [0.25, 0.3) is 0 Å². The van der Waals surface area contributed by atoms with E-state index in [9.17, 15) is 4.79 Å². The third kappa shape index (κ3) is 2.80. The van der Waals surface area contributed by atoms with Crippen LogP contribution in [0, 0.1) is 5.92 Å². The van der Waals surface area contributed by atoms with Crippen LogP contribution < -0.4 is 0 Å². The van der Waals surface area contributed by atoms with Crippen molar-refractivity contribution in [2.45, 2.75) is 0 Å². The number of rotatable bonds is 4. The lowest BCUT2D eigenvalue weighted by Crippen LogP contribution is -2.24. The van der Waals surface area contributed by atoms with E-state index >= 15 is 0 Å². The molecule has 0 aromatic carbocycles. The normalized spacial score (nSPS) is 12.7. The number of esters is 1. The topological polar surface area (TPSA) is 55.8 Å². The molecular formula is C6H12O4. The fourth-order valence-corrected chi connectivity index (χ4v) is 0.563. The molecule has 0 saturated carbocycles. The van der Waals surface area contributed by atoms with Crippen LogP contribution in [0.1, 0.15) is 0 Å². The van der Waals surface area contributed by atoms with Crippen LogP contribution in [-0.4, -0.2) is 38.5 Å². The molecular weight excluding hydrogens is 136 g/mol. The monoisotopic (exact) mass is 148 g/mol. The van der Waals surface area contributed by atoms with Crippen molar-refractivity contribution >= 4 is 5.97 Å². The van der Waals surface area contributed by atoms with Crippen molar-refractivity contribution in [3.8, 4) is 0 Å². The van der Waals surface area contributed by atoms with Crippen LogP contribution in [0.3, 0.4) is 0 Å². The van der Waals surface area contributed by atoms with Gasteiger partial charge in [-0.3, -0.25) is 4.79 Å². The Morgan fingerprint density at radius 2 is 2.20 bits per heavy atom. The van der Waals surface area contributed by atoms with Crippen molar-refractivity contribution < 1.29 is 19.4 Å². The van der Waals surface area contributed by atoms with Crippen molar-refractivity contribution in [3.63, 3.8) is 0 Å². The van der Waals surface area contributed by atoms with Gasteiger partial charge in [-0.1, -0.05) is 0 Å². The molecule has 1 N–H and O–H groups in total. The Morgan fingerprint density at radius 1 is 1.60 bits per heavy atom. The summed E-state index contributed by atoms with van der Waals surface area (Å²) in [4.78, 5) is 10.7. The summed E-state index contributed by atoms with van der Waals surface area (Å²) in [7, 11) is 2.74. The van der Waals surface area contributed by atoms with Crippen LogP contribution in [0.25, 0.3) is 0 Å². The highest BCUT2D eigenvalue weighted by molar-refractivity contribution is 5.72. The maximum absolute atomic E-state index is 10.7. The number of ether oxygens (including phenoxy) is 2. The first-order valence-electron chi connectivity index (χ1n) is 2.93. The zero-order valence-corrected chi connectivity index (χ0v) is 6.16. The smallest absolute Gasteiger partial charge is 0.313 e. The number of carbonyl (C=O) groups excluding carboxylic acids is 1. The summed E-state index contributed by atoms with van der Waals surface area (Å²) in [5, 5.41) is 8.58. The Hall–Kier alpha value is -0.610. The molecule has 0 aliphatic rings. The summed E-state index contributed by atoms with van der Waals surface area (Å²) in [6, 6.07) is 0. The minimum atomic E-state index is -0.546. The molecule has 0 aliphatic heterocycles. The lowest BCUT2D eigenvalue weighted by molar-refractivity contribution is -0.148. The van der Waals surface area contributed by atoms with Crippen LogP contribution in [0.5, 0.6) is 0 Å². The zero-order valence-electron chi connectivity index (χ0n) is 6.16. The van der Waals surface area contributed by atoms with Gasteiger partial charge in [-0.25, -0.2) is 0 Å². The van der Waals surface area contributed by atoms with E-state index in [0.717, 1.165) is 0 Å². The van der Waals surface area contributed by atoms with Crippen molar-refractivity contribution in [1.29, 1.82) is 0 Å². The fraction of sp³-hybridized carbons (Fsp3) is 0.833. The van der Waals surface area contributed by atoms with E-state index in [-0.39, 0.29) is 13.2 Å². The van der Waals surface area contributed by atoms with Gasteiger partial charge in [-0.05, 0) is 0 Å². The van der Waals surface area contributed by atoms with Gasteiger partial charge in [0, 0.05) is 7.11 Å². The summed E-state index contributed by atoms with van der Waals surface area (Å²) < 4.78 is 9.03. The summed E-state index contributed by atoms with van der Waals surface area (Å²) in [5.74, 6) is -0.987. The molecule has 4 heteroatoms. The molecule has 1 unspecified atom stereocenters. The molecule has 60 valence electrons. The van der Waals surface area contributed by atoms with Crippen molar-refractivity contribution in [2.75, 3.05) is 27.4 Å². The summed E-state index contributed by atoms with van der Waals surface area (Å²) in [6.07, 6.45) is 0. The molecule has 0 aromatic heterocycles. The number of hydrogen-bond donors (Lipinski definition) is 1. The van der Waals surface area contributed by atoms with Gasteiger partial charge in [0.05, 0.1) is 20.3 Å². The second-order valence-corrected chi connectivity index (χ2v) is 1.86. The second kappa shape index (κ2) is 5.20. The standard InChI is InChI=1S/C6H12O4/c1-9-4-5(3-7)6(8)10-2/h5,7H,3-4H2,1-2H3. The number of carbonyl (C=O) groups is 1. The van der Waals surface area contributed by atoms with Crippen LogP contribution in [0.15, 0.2) is 0 Å². The molecule has 0 saturated heterocycles. The molecule has 0 heterocycles. The van der Waals surface area contributed by atoms with Crippen molar-refractivity contribution in [3.05, 3.63) is 0 Å². The summed E-state index contributed by atoms with van der Waals surface area (Å²) in [5.41, 5.74) is 0. The van der Waals surface area contributed by atoms with E-state index in [1.807, 2.05) is 0 Å². The first kappa shape index (κ1) is 9.39. The van der Waals surface area contributed by atoms with Gasteiger partial charge in [0.15, 0.2) is 0 Å². The average molecular weight is 148 g/mol. The molecule has 0 aromatic rings. The molecule has 0 fully saturated rings. The van der Waals surface area contributed by atoms with Crippen LogP contribution in [-0.2, 0) is 14.3 Å². The van der Waals surface area contributed by atoms with Gasteiger partial charge in [0.2, 0.25) is 0 Å². The molecule has 0 aliphatic carbocycles. The van der Waals surface area contributed by atoms with E-state index in [2.05, 4.69) is 9.47 Å². The Bertz CT molecular complexity index is 102. The van der Waals surface area contributed by atoms with Crippen LogP contribution in [0.2, 0.25) is 0 Å². The first-order valence-corrected chi connectivity index (χ1v) is 2.93. The lowest BCUT2D eigenvalue weighted by Gasteiger charge is -2.08. The number of methoxy groups -OCH3 is 2. The Kier molecular flexibility index (Phi) is 4.88. The second-order valence-electron chi connectivity index (χ2n) is 1.86. The van der Waals surface area contributed by atoms with Gasteiger partial charge in [0.1, 0.15) is 5.92 Å². The molecule has 10 heavy (non-hydrogen) atoms. The van der Waals surface area contributed by atoms with Crippen molar-refractivity contribution in [2.24, 2.45) is 5.92 Å². The number of aliphatic hydroxyl groups excluding tert-OH is 1. The molecule has 0 bridgehead atoms. The lowest BCUT2D eigenvalue weighted by atomic mass is 10.2. The predicted octanol–water partition coefficient (Wildman–Crippen LogP) is -0.586. The molecule has 1 atom stereocenters. The van der Waals surface area contributed by atoms with Crippen LogP contribution in [0.4, 0.5) is 0 Å². The highest BCUT2D eigenvalue weighted by Gasteiger charge is 2.16. The average Bonchev–Trinajstić information content (AvgIpc) is 1.99. The minimum absolute atomic E-state index is 0.198. The predicted molar refractivity (Wildman–Crippen MR) is 34.5 cm³/mol. The molecule has 0 rings (SSSR count). The maximum atomic E-state index is 10.7. The first-order chi connectivity index (χ1) is 4.76. The van der Waals surface area contributed by atoms with Gasteiger partial charge < -0.3 is 14.6 Å². The minimum Gasteiger partial charge on any atom is -0.469 e. The van der Waals surface area contributed by atoms with Gasteiger partial charge >= 0.3 is 5.97 Å². The number of aliphatic hydroxyl groups is 1. The largest absolute Gasteiger partial charge is 0.469 e. The van der Waals surface area contributed by atoms with Gasteiger partial charge in [-0.15, -0.1) is 0 Å². The Balaban J connectivity index is 3.68. The SMILES string of the molecule is COCC(CO)C(=O)OC.